The normalized spacial score (nSPS) is 12.2. The second-order valence-electron chi connectivity index (χ2n) is 3.29. The summed E-state index contributed by atoms with van der Waals surface area (Å²) < 4.78 is 0. The molecule has 1 amide bonds. The molecule has 1 rings (SSSR count). The number of hydrogen-bond acceptors (Lipinski definition) is 3. The topological polar surface area (TPSA) is 29.1 Å². The third-order valence-corrected chi connectivity index (χ3v) is 3.06. The van der Waals surface area contributed by atoms with Crippen LogP contribution in [0.25, 0.3) is 0 Å². The molecule has 0 fully saturated rings. The lowest BCUT2D eigenvalue weighted by molar-refractivity contribution is 0.0951. The number of hydrogen-bond donors (Lipinski definition) is 3. The molecule has 4 heteroatoms. The molecule has 0 saturated heterocycles. The summed E-state index contributed by atoms with van der Waals surface area (Å²) >= 11 is 8.53. The van der Waals surface area contributed by atoms with Gasteiger partial charge in [-0.25, -0.2) is 0 Å². The molecule has 1 atom stereocenters. The van der Waals surface area contributed by atoms with Crippen molar-refractivity contribution in [2.45, 2.75) is 23.5 Å². The van der Waals surface area contributed by atoms with Crippen LogP contribution < -0.4 is 5.32 Å². The molecule has 1 N–H and O–H groups in total. The fourth-order valence-electron chi connectivity index (χ4n) is 1.12. The Labute approximate surface area is 101 Å². The number of thiol groups is 2. The second-order valence-corrected chi connectivity index (χ2v) is 4.50. The first-order chi connectivity index (χ1) is 7.15. The summed E-state index contributed by atoms with van der Waals surface area (Å²) in [6, 6.07) is 7.24. The maximum absolute atomic E-state index is 11.7. The quantitative estimate of drug-likeness (QED) is 0.694. The van der Waals surface area contributed by atoms with E-state index in [4.69, 9.17) is 0 Å². The Morgan fingerprint density at radius 3 is 2.73 bits per heavy atom. The summed E-state index contributed by atoms with van der Waals surface area (Å²) in [6.07, 6.45) is 0.936. The van der Waals surface area contributed by atoms with Gasteiger partial charge in [0.1, 0.15) is 0 Å². The molecule has 0 bridgehead atoms. The lowest BCUT2D eigenvalue weighted by Crippen LogP contribution is -2.29. The van der Waals surface area contributed by atoms with Crippen molar-refractivity contribution in [3.05, 3.63) is 29.8 Å². The number of benzene rings is 1. The maximum Gasteiger partial charge on any atom is 0.252 e. The van der Waals surface area contributed by atoms with Crippen LogP contribution in [0.3, 0.4) is 0 Å². The van der Waals surface area contributed by atoms with Crippen molar-refractivity contribution in [1.82, 2.24) is 5.32 Å². The van der Waals surface area contributed by atoms with Crippen molar-refractivity contribution in [1.29, 1.82) is 0 Å². The van der Waals surface area contributed by atoms with Gasteiger partial charge >= 0.3 is 0 Å². The molecule has 2 nitrogen and oxygen atoms in total. The van der Waals surface area contributed by atoms with Crippen molar-refractivity contribution in [2.24, 2.45) is 0 Å². The van der Waals surface area contributed by atoms with E-state index in [1.807, 2.05) is 19.1 Å². The number of rotatable bonds is 4. The van der Waals surface area contributed by atoms with E-state index in [0.29, 0.717) is 17.0 Å². The van der Waals surface area contributed by atoms with Gasteiger partial charge in [0.2, 0.25) is 0 Å². The zero-order valence-corrected chi connectivity index (χ0v) is 10.4. The van der Waals surface area contributed by atoms with Crippen LogP contribution in [0.1, 0.15) is 23.7 Å². The second kappa shape index (κ2) is 6.08. The van der Waals surface area contributed by atoms with Crippen LogP contribution in [0, 0.1) is 0 Å². The van der Waals surface area contributed by atoms with E-state index >= 15 is 0 Å². The summed E-state index contributed by atoms with van der Waals surface area (Å²) in [5.41, 5.74) is 0.609. The fourth-order valence-corrected chi connectivity index (χ4v) is 1.47. The van der Waals surface area contributed by atoms with Crippen LogP contribution in [-0.2, 0) is 0 Å². The molecular weight excluding hydrogens is 226 g/mol. The zero-order valence-electron chi connectivity index (χ0n) is 8.60. The van der Waals surface area contributed by atoms with Crippen LogP contribution in [0.2, 0.25) is 0 Å². The standard InChI is InChI=1S/C11H15NOS2/c1-2-8(14)7-12-11(13)9-5-3-4-6-10(9)15/h3-6,8,14-15H,2,7H2,1H3,(H,12,13). The Morgan fingerprint density at radius 1 is 1.47 bits per heavy atom. The highest BCUT2D eigenvalue weighted by Crippen LogP contribution is 2.12. The van der Waals surface area contributed by atoms with E-state index in [-0.39, 0.29) is 11.2 Å². The Kier molecular flexibility index (Phi) is 5.05. The van der Waals surface area contributed by atoms with Crippen LogP contribution >= 0.6 is 25.3 Å². The molecule has 1 aromatic rings. The number of carbonyl (C=O) groups is 1. The lowest BCUT2D eigenvalue weighted by Gasteiger charge is -2.10. The van der Waals surface area contributed by atoms with Crippen LogP contribution in [-0.4, -0.2) is 17.7 Å². The van der Waals surface area contributed by atoms with Gasteiger partial charge < -0.3 is 5.32 Å². The van der Waals surface area contributed by atoms with Crippen molar-refractivity contribution < 1.29 is 4.79 Å². The summed E-state index contributed by atoms with van der Waals surface area (Å²) in [5, 5.41) is 3.04. The van der Waals surface area contributed by atoms with Crippen molar-refractivity contribution in [3.8, 4) is 0 Å². The molecule has 1 aromatic carbocycles. The summed E-state index contributed by atoms with van der Waals surface area (Å²) in [6.45, 7) is 2.62. The maximum atomic E-state index is 11.7. The highest BCUT2D eigenvalue weighted by Gasteiger charge is 2.09. The van der Waals surface area contributed by atoms with Gasteiger partial charge in [-0.3, -0.25) is 4.79 Å². The van der Waals surface area contributed by atoms with E-state index in [1.165, 1.54) is 0 Å². The first-order valence-corrected chi connectivity index (χ1v) is 5.85. The van der Waals surface area contributed by atoms with Gasteiger partial charge in [0, 0.05) is 16.7 Å². The minimum atomic E-state index is -0.0897. The molecular formula is C11H15NOS2. The van der Waals surface area contributed by atoms with Crippen molar-refractivity contribution in [2.75, 3.05) is 6.54 Å². The van der Waals surface area contributed by atoms with Gasteiger partial charge in [0.25, 0.3) is 5.91 Å². The van der Waals surface area contributed by atoms with Gasteiger partial charge in [-0.05, 0) is 18.6 Å². The minimum Gasteiger partial charge on any atom is -0.351 e. The molecule has 0 radical (unpaired) electrons. The monoisotopic (exact) mass is 241 g/mol. The zero-order chi connectivity index (χ0) is 11.3. The summed E-state index contributed by atoms with van der Waals surface area (Å²) in [7, 11) is 0. The number of amides is 1. The molecule has 0 spiro atoms. The smallest absolute Gasteiger partial charge is 0.252 e. The molecule has 82 valence electrons. The van der Waals surface area contributed by atoms with Crippen LogP contribution in [0.4, 0.5) is 0 Å². The van der Waals surface area contributed by atoms with Crippen LogP contribution in [0.15, 0.2) is 29.2 Å². The molecule has 1 unspecified atom stereocenters. The largest absolute Gasteiger partial charge is 0.351 e. The Balaban J connectivity index is 2.58. The molecule has 0 saturated carbocycles. The highest BCUT2D eigenvalue weighted by molar-refractivity contribution is 7.81. The van der Waals surface area contributed by atoms with Gasteiger partial charge in [0.05, 0.1) is 5.56 Å². The van der Waals surface area contributed by atoms with Crippen LogP contribution in [0.5, 0.6) is 0 Å². The molecule has 0 aromatic heterocycles. The minimum absolute atomic E-state index is 0.0897. The predicted molar refractivity (Wildman–Crippen MR) is 69.1 cm³/mol. The van der Waals surface area contributed by atoms with E-state index in [9.17, 15) is 4.79 Å². The van der Waals surface area contributed by atoms with E-state index in [2.05, 4.69) is 30.6 Å². The third-order valence-electron chi connectivity index (χ3n) is 2.12. The van der Waals surface area contributed by atoms with Crippen molar-refractivity contribution in [3.63, 3.8) is 0 Å². The molecule has 0 heterocycles. The average molecular weight is 241 g/mol. The third kappa shape index (κ3) is 3.80. The van der Waals surface area contributed by atoms with E-state index in [1.54, 1.807) is 12.1 Å². The van der Waals surface area contributed by atoms with Gasteiger partial charge in [0.15, 0.2) is 0 Å². The fraction of sp³-hybridized carbons (Fsp3) is 0.364. The predicted octanol–water partition coefficient (Wildman–Crippen LogP) is 2.41. The first kappa shape index (κ1) is 12.5. The highest BCUT2D eigenvalue weighted by atomic mass is 32.1. The molecule has 15 heavy (non-hydrogen) atoms. The van der Waals surface area contributed by atoms with E-state index < -0.39 is 0 Å². The summed E-state index contributed by atoms with van der Waals surface area (Å²) in [5.74, 6) is -0.0897. The average Bonchev–Trinajstić information content (AvgIpc) is 2.26. The number of nitrogens with one attached hydrogen (secondary N) is 1. The first-order valence-electron chi connectivity index (χ1n) is 4.89. The van der Waals surface area contributed by atoms with Gasteiger partial charge in [-0.15, -0.1) is 12.6 Å². The molecule has 0 aliphatic heterocycles. The molecule has 0 aliphatic carbocycles. The number of carbonyl (C=O) groups excluding carboxylic acids is 1. The molecule has 0 aliphatic rings. The Bertz CT molecular complexity index is 341. The lowest BCUT2D eigenvalue weighted by atomic mass is 10.2. The van der Waals surface area contributed by atoms with Gasteiger partial charge in [-0.2, -0.15) is 12.6 Å². The van der Waals surface area contributed by atoms with Gasteiger partial charge in [-0.1, -0.05) is 19.1 Å². The van der Waals surface area contributed by atoms with E-state index in [0.717, 1.165) is 6.42 Å². The van der Waals surface area contributed by atoms with Crippen molar-refractivity contribution >= 4 is 31.2 Å². The SMILES string of the molecule is CCC(S)CNC(=O)c1ccccc1S. The Morgan fingerprint density at radius 2 is 2.13 bits per heavy atom. The summed E-state index contributed by atoms with van der Waals surface area (Å²) in [4.78, 5) is 12.4. The Hall–Kier alpha value is -0.610.